The normalized spacial score (nSPS) is 16.7. The third-order valence-electron chi connectivity index (χ3n) is 5.69. The molecule has 9 nitrogen and oxygen atoms in total. The highest BCUT2D eigenvalue weighted by atomic mass is 16.6. The molecule has 1 aliphatic heterocycles. The van der Waals surface area contributed by atoms with Gasteiger partial charge in [-0.25, -0.2) is 0 Å². The number of nitro benzene ring substituents is 1. The van der Waals surface area contributed by atoms with E-state index in [9.17, 15) is 24.8 Å². The number of aliphatic hydroxyl groups excluding tert-OH is 1. The molecule has 1 atom stereocenters. The highest BCUT2D eigenvalue weighted by Gasteiger charge is 2.47. The standard InChI is InChI=1S/C27H24N2O7/c1-3-35-21-13-11-19(12-14-21)28-24(17-7-6-10-22(16-17)36-4-2)23(26(31)27(28)32)25(30)18-8-5-9-20(15-18)29(33)34/h5-16,24,30H,3-4H2,1-2H3/b25-23-. The number of amides is 1. The summed E-state index contributed by atoms with van der Waals surface area (Å²) in [5.74, 6) is -1.11. The average molecular weight is 488 g/mol. The van der Waals surface area contributed by atoms with Crippen LogP contribution in [0.2, 0.25) is 0 Å². The molecule has 1 amide bonds. The van der Waals surface area contributed by atoms with Crippen LogP contribution in [0.3, 0.4) is 0 Å². The van der Waals surface area contributed by atoms with Gasteiger partial charge in [0.2, 0.25) is 0 Å². The molecule has 1 N–H and O–H groups in total. The molecule has 0 bridgehead atoms. The van der Waals surface area contributed by atoms with Crippen LogP contribution < -0.4 is 14.4 Å². The van der Waals surface area contributed by atoms with Crippen LogP contribution in [0, 0.1) is 10.1 Å². The second-order valence-corrected chi connectivity index (χ2v) is 7.91. The zero-order chi connectivity index (χ0) is 25.8. The van der Waals surface area contributed by atoms with E-state index in [2.05, 4.69) is 0 Å². The number of rotatable bonds is 8. The highest BCUT2D eigenvalue weighted by Crippen LogP contribution is 2.43. The van der Waals surface area contributed by atoms with E-state index >= 15 is 0 Å². The zero-order valence-electron chi connectivity index (χ0n) is 19.7. The molecule has 1 heterocycles. The van der Waals surface area contributed by atoms with Gasteiger partial charge in [0.05, 0.1) is 29.8 Å². The van der Waals surface area contributed by atoms with Crippen molar-refractivity contribution >= 4 is 28.8 Å². The van der Waals surface area contributed by atoms with Crippen LogP contribution in [0.5, 0.6) is 11.5 Å². The minimum atomic E-state index is -0.998. The number of benzene rings is 3. The van der Waals surface area contributed by atoms with Gasteiger partial charge in [0.25, 0.3) is 17.4 Å². The SMILES string of the molecule is CCOc1ccc(N2C(=O)C(=O)/C(=C(\O)c3cccc([N+](=O)[O-])c3)C2c2cccc(OCC)c2)cc1. The van der Waals surface area contributed by atoms with Crippen molar-refractivity contribution in [2.24, 2.45) is 0 Å². The Morgan fingerprint density at radius 1 is 0.944 bits per heavy atom. The zero-order valence-corrected chi connectivity index (χ0v) is 19.7. The minimum absolute atomic E-state index is 0.0554. The molecule has 184 valence electrons. The van der Waals surface area contributed by atoms with Crippen LogP contribution >= 0.6 is 0 Å². The third kappa shape index (κ3) is 4.63. The van der Waals surface area contributed by atoms with Crippen molar-refractivity contribution in [1.29, 1.82) is 0 Å². The Hall–Kier alpha value is -4.66. The van der Waals surface area contributed by atoms with Gasteiger partial charge in [-0.05, 0) is 55.8 Å². The number of nitro groups is 1. The number of aliphatic hydroxyl groups is 1. The molecule has 0 radical (unpaired) electrons. The first-order chi connectivity index (χ1) is 17.3. The van der Waals surface area contributed by atoms with E-state index in [0.29, 0.717) is 36.0 Å². The number of hydrogen-bond donors (Lipinski definition) is 1. The van der Waals surface area contributed by atoms with Gasteiger partial charge in [-0.2, -0.15) is 0 Å². The van der Waals surface area contributed by atoms with E-state index in [0.717, 1.165) is 6.07 Å². The molecule has 36 heavy (non-hydrogen) atoms. The Balaban J connectivity index is 1.91. The summed E-state index contributed by atoms with van der Waals surface area (Å²) < 4.78 is 11.1. The fraction of sp³-hybridized carbons (Fsp3) is 0.185. The summed E-state index contributed by atoms with van der Waals surface area (Å²) >= 11 is 0. The van der Waals surface area contributed by atoms with E-state index in [1.165, 1.54) is 23.1 Å². The lowest BCUT2D eigenvalue weighted by molar-refractivity contribution is -0.384. The maximum atomic E-state index is 13.3. The molecule has 1 fully saturated rings. The number of nitrogens with zero attached hydrogens (tertiary/aromatic N) is 2. The number of anilines is 1. The van der Waals surface area contributed by atoms with E-state index in [1.807, 2.05) is 13.8 Å². The first-order valence-corrected chi connectivity index (χ1v) is 11.4. The monoisotopic (exact) mass is 488 g/mol. The lowest BCUT2D eigenvalue weighted by Gasteiger charge is -2.26. The molecule has 3 aromatic rings. The van der Waals surface area contributed by atoms with E-state index in [4.69, 9.17) is 9.47 Å². The second kappa shape index (κ2) is 10.3. The summed E-state index contributed by atoms with van der Waals surface area (Å²) in [5.41, 5.74) is 0.573. The fourth-order valence-electron chi connectivity index (χ4n) is 4.15. The van der Waals surface area contributed by atoms with Crippen molar-refractivity contribution in [1.82, 2.24) is 0 Å². The van der Waals surface area contributed by atoms with Gasteiger partial charge in [-0.1, -0.05) is 24.3 Å². The molecule has 0 aromatic heterocycles. The number of ketones is 1. The lowest BCUT2D eigenvalue weighted by Crippen LogP contribution is -2.29. The van der Waals surface area contributed by atoms with Crippen molar-refractivity contribution in [2.75, 3.05) is 18.1 Å². The van der Waals surface area contributed by atoms with Crippen LogP contribution in [-0.2, 0) is 9.59 Å². The van der Waals surface area contributed by atoms with E-state index < -0.39 is 28.4 Å². The summed E-state index contributed by atoms with van der Waals surface area (Å²) in [6, 6.07) is 17.9. The second-order valence-electron chi connectivity index (χ2n) is 7.91. The Morgan fingerprint density at radius 3 is 2.28 bits per heavy atom. The first-order valence-electron chi connectivity index (χ1n) is 11.4. The molecular weight excluding hydrogens is 464 g/mol. The number of ether oxygens (including phenoxy) is 2. The summed E-state index contributed by atoms with van der Waals surface area (Å²) in [6.45, 7) is 4.57. The predicted molar refractivity (Wildman–Crippen MR) is 133 cm³/mol. The maximum absolute atomic E-state index is 13.3. The maximum Gasteiger partial charge on any atom is 0.300 e. The van der Waals surface area contributed by atoms with Crippen LogP contribution in [0.4, 0.5) is 11.4 Å². The molecule has 1 aliphatic rings. The highest BCUT2D eigenvalue weighted by molar-refractivity contribution is 6.51. The van der Waals surface area contributed by atoms with Crippen molar-refractivity contribution in [2.45, 2.75) is 19.9 Å². The van der Waals surface area contributed by atoms with Gasteiger partial charge < -0.3 is 14.6 Å². The number of carbonyl (C=O) groups is 2. The Labute approximate surface area is 207 Å². The predicted octanol–water partition coefficient (Wildman–Crippen LogP) is 5.02. The average Bonchev–Trinajstić information content (AvgIpc) is 3.15. The van der Waals surface area contributed by atoms with Crippen LogP contribution in [0.1, 0.15) is 31.0 Å². The topological polar surface area (TPSA) is 119 Å². The van der Waals surface area contributed by atoms with Gasteiger partial charge in [0.1, 0.15) is 17.3 Å². The third-order valence-corrected chi connectivity index (χ3v) is 5.69. The van der Waals surface area contributed by atoms with Gasteiger partial charge in [-0.3, -0.25) is 24.6 Å². The Kier molecular flexibility index (Phi) is 7.00. The van der Waals surface area contributed by atoms with E-state index in [1.54, 1.807) is 48.5 Å². The minimum Gasteiger partial charge on any atom is -0.507 e. The van der Waals surface area contributed by atoms with Crippen molar-refractivity contribution in [3.63, 3.8) is 0 Å². The Bertz CT molecular complexity index is 1350. The summed E-state index contributed by atoms with van der Waals surface area (Å²) in [4.78, 5) is 38.5. The van der Waals surface area contributed by atoms with Gasteiger partial charge in [0.15, 0.2) is 0 Å². The molecule has 3 aromatic carbocycles. The molecular formula is C27H24N2O7. The Morgan fingerprint density at radius 2 is 1.61 bits per heavy atom. The molecule has 4 rings (SSSR count). The number of carbonyl (C=O) groups excluding carboxylic acids is 2. The largest absolute Gasteiger partial charge is 0.507 e. The lowest BCUT2D eigenvalue weighted by atomic mass is 9.95. The van der Waals surface area contributed by atoms with E-state index in [-0.39, 0.29) is 16.8 Å². The summed E-state index contributed by atoms with van der Waals surface area (Å²) in [5, 5.41) is 22.5. The van der Waals surface area contributed by atoms with Crippen molar-refractivity contribution in [3.8, 4) is 11.5 Å². The van der Waals surface area contributed by atoms with Crippen LogP contribution in [0.25, 0.3) is 5.76 Å². The molecule has 1 saturated heterocycles. The van der Waals surface area contributed by atoms with Gasteiger partial charge >= 0.3 is 0 Å². The molecule has 0 aliphatic carbocycles. The summed E-state index contributed by atoms with van der Waals surface area (Å²) in [7, 11) is 0. The van der Waals surface area contributed by atoms with Crippen LogP contribution in [-0.4, -0.2) is 34.9 Å². The number of Topliss-reactive ketones (excluding diaryl/α,β-unsaturated/α-hetero) is 1. The van der Waals surface area contributed by atoms with Gasteiger partial charge in [0, 0.05) is 23.4 Å². The van der Waals surface area contributed by atoms with Crippen molar-refractivity contribution in [3.05, 3.63) is 99.6 Å². The molecule has 0 spiro atoms. The molecule has 1 unspecified atom stereocenters. The van der Waals surface area contributed by atoms with Crippen LogP contribution in [0.15, 0.2) is 78.4 Å². The van der Waals surface area contributed by atoms with Gasteiger partial charge in [-0.15, -0.1) is 0 Å². The fourth-order valence-corrected chi connectivity index (χ4v) is 4.15. The quantitative estimate of drug-likeness (QED) is 0.155. The number of non-ortho nitro benzene ring substituents is 1. The first kappa shape index (κ1) is 24.5. The smallest absolute Gasteiger partial charge is 0.300 e. The molecule has 9 heteroatoms. The molecule has 0 saturated carbocycles. The summed E-state index contributed by atoms with van der Waals surface area (Å²) in [6.07, 6.45) is 0. The van der Waals surface area contributed by atoms with Crippen molar-refractivity contribution < 1.29 is 29.1 Å². The number of hydrogen-bond acceptors (Lipinski definition) is 7.